The summed E-state index contributed by atoms with van der Waals surface area (Å²) in [6, 6.07) is 6.22. The van der Waals surface area contributed by atoms with Crippen molar-refractivity contribution in [3.63, 3.8) is 0 Å². The van der Waals surface area contributed by atoms with Gasteiger partial charge in [-0.25, -0.2) is 4.79 Å². The van der Waals surface area contributed by atoms with E-state index in [2.05, 4.69) is 52.9 Å². The number of rotatable bonds is 6. The van der Waals surface area contributed by atoms with Gasteiger partial charge in [-0.15, -0.1) is 0 Å². The van der Waals surface area contributed by atoms with E-state index in [1.54, 1.807) is 6.20 Å². The SMILES string of the molecule is CCNC(=O)Nc1cn[nH]c1[C@@H]1CCCN(C(=O)CCc2cc(C)cc(C)c2)C1. The van der Waals surface area contributed by atoms with Gasteiger partial charge in [0.15, 0.2) is 0 Å². The second-order valence-electron chi connectivity index (χ2n) is 7.86. The van der Waals surface area contributed by atoms with Gasteiger partial charge in [0, 0.05) is 32.0 Å². The predicted octanol–water partition coefficient (Wildman–Crippen LogP) is 3.51. The molecule has 3 rings (SSSR count). The highest BCUT2D eigenvalue weighted by Crippen LogP contribution is 2.30. The molecule has 0 aliphatic carbocycles. The van der Waals surface area contributed by atoms with E-state index < -0.39 is 0 Å². The standard InChI is InChI=1S/C22H31N5O2/c1-4-23-22(29)25-19-13-24-26-21(19)18-6-5-9-27(14-18)20(28)8-7-17-11-15(2)10-16(3)12-17/h10-13,18H,4-9,14H2,1-3H3,(H,24,26)(H2,23,25,29)/t18-/m1/s1. The van der Waals surface area contributed by atoms with Crippen molar-refractivity contribution in [2.45, 2.75) is 52.4 Å². The van der Waals surface area contributed by atoms with Gasteiger partial charge in [-0.3, -0.25) is 9.89 Å². The maximum Gasteiger partial charge on any atom is 0.319 e. The highest BCUT2D eigenvalue weighted by Gasteiger charge is 2.27. The summed E-state index contributed by atoms with van der Waals surface area (Å²) in [6.45, 7) is 8.05. The van der Waals surface area contributed by atoms with Gasteiger partial charge in [0.2, 0.25) is 5.91 Å². The van der Waals surface area contributed by atoms with Crippen LogP contribution in [-0.2, 0) is 11.2 Å². The molecule has 1 aliphatic heterocycles. The number of carbonyl (C=O) groups excluding carboxylic acids is 2. The Bertz CT molecular complexity index is 840. The Hall–Kier alpha value is -2.83. The maximum atomic E-state index is 12.8. The van der Waals surface area contributed by atoms with E-state index in [0.717, 1.165) is 31.5 Å². The van der Waals surface area contributed by atoms with E-state index in [1.807, 2.05) is 11.8 Å². The van der Waals surface area contributed by atoms with Crippen LogP contribution in [0.2, 0.25) is 0 Å². The lowest BCUT2D eigenvalue weighted by atomic mass is 9.93. The first-order valence-corrected chi connectivity index (χ1v) is 10.4. The van der Waals surface area contributed by atoms with Crippen molar-refractivity contribution in [2.24, 2.45) is 0 Å². The van der Waals surface area contributed by atoms with Gasteiger partial charge >= 0.3 is 6.03 Å². The molecule has 7 heteroatoms. The first-order chi connectivity index (χ1) is 14.0. The number of hydrogen-bond acceptors (Lipinski definition) is 3. The van der Waals surface area contributed by atoms with Crippen molar-refractivity contribution >= 4 is 17.6 Å². The number of aromatic amines is 1. The number of amides is 3. The highest BCUT2D eigenvalue weighted by molar-refractivity contribution is 5.89. The monoisotopic (exact) mass is 397 g/mol. The average molecular weight is 398 g/mol. The number of urea groups is 1. The molecule has 1 aromatic heterocycles. The Morgan fingerprint density at radius 3 is 2.72 bits per heavy atom. The Labute approximate surface area is 172 Å². The molecule has 1 fully saturated rings. The van der Waals surface area contributed by atoms with E-state index in [4.69, 9.17) is 0 Å². The van der Waals surface area contributed by atoms with Crippen LogP contribution in [0.5, 0.6) is 0 Å². The normalized spacial score (nSPS) is 16.5. The molecular formula is C22H31N5O2. The summed E-state index contributed by atoms with van der Waals surface area (Å²) in [4.78, 5) is 26.6. The van der Waals surface area contributed by atoms with E-state index in [1.165, 1.54) is 16.7 Å². The molecule has 0 unspecified atom stereocenters. The fourth-order valence-corrected chi connectivity index (χ4v) is 4.10. The molecule has 1 aliphatic rings. The second-order valence-corrected chi connectivity index (χ2v) is 7.86. The van der Waals surface area contributed by atoms with Gasteiger partial charge in [0.1, 0.15) is 0 Å². The van der Waals surface area contributed by atoms with Crippen LogP contribution in [0.3, 0.4) is 0 Å². The van der Waals surface area contributed by atoms with Gasteiger partial charge in [-0.1, -0.05) is 29.3 Å². The molecule has 0 bridgehead atoms. The molecule has 3 N–H and O–H groups in total. The summed E-state index contributed by atoms with van der Waals surface area (Å²) in [5.41, 5.74) is 5.26. The number of anilines is 1. The minimum Gasteiger partial charge on any atom is -0.342 e. The van der Waals surface area contributed by atoms with Crippen LogP contribution in [0, 0.1) is 13.8 Å². The molecule has 29 heavy (non-hydrogen) atoms. The smallest absolute Gasteiger partial charge is 0.319 e. The summed E-state index contributed by atoms with van der Waals surface area (Å²) in [5, 5.41) is 12.7. The number of aromatic nitrogens is 2. The van der Waals surface area contributed by atoms with Crippen LogP contribution in [0.25, 0.3) is 0 Å². The quantitative estimate of drug-likeness (QED) is 0.697. The molecule has 1 aromatic carbocycles. The topological polar surface area (TPSA) is 90.1 Å². The fraction of sp³-hybridized carbons (Fsp3) is 0.500. The Balaban J connectivity index is 1.60. The molecule has 1 atom stereocenters. The molecular weight excluding hydrogens is 366 g/mol. The largest absolute Gasteiger partial charge is 0.342 e. The van der Waals surface area contributed by atoms with Crippen molar-refractivity contribution in [1.29, 1.82) is 0 Å². The van der Waals surface area contributed by atoms with Crippen LogP contribution >= 0.6 is 0 Å². The Morgan fingerprint density at radius 1 is 1.24 bits per heavy atom. The molecule has 2 aromatic rings. The van der Waals surface area contributed by atoms with Crippen molar-refractivity contribution in [2.75, 3.05) is 25.0 Å². The number of H-pyrrole nitrogens is 1. The number of nitrogens with one attached hydrogen (secondary N) is 3. The van der Waals surface area contributed by atoms with Gasteiger partial charge in [0.25, 0.3) is 0 Å². The maximum absolute atomic E-state index is 12.8. The fourth-order valence-electron chi connectivity index (χ4n) is 4.10. The van der Waals surface area contributed by atoms with Gasteiger partial charge in [-0.05, 0) is 45.6 Å². The zero-order chi connectivity index (χ0) is 20.8. The number of carbonyl (C=O) groups is 2. The molecule has 0 spiro atoms. The summed E-state index contributed by atoms with van der Waals surface area (Å²) >= 11 is 0. The van der Waals surface area contributed by atoms with E-state index in [0.29, 0.717) is 25.2 Å². The van der Waals surface area contributed by atoms with Crippen LogP contribution in [0.4, 0.5) is 10.5 Å². The number of likely N-dealkylation sites (tertiary alicyclic amines) is 1. The average Bonchev–Trinajstić information content (AvgIpc) is 3.13. The number of benzene rings is 1. The molecule has 156 valence electrons. The molecule has 1 saturated heterocycles. The minimum absolute atomic E-state index is 0.147. The second kappa shape index (κ2) is 9.58. The number of nitrogens with zero attached hydrogens (tertiary/aromatic N) is 2. The summed E-state index contributed by atoms with van der Waals surface area (Å²) in [5.74, 6) is 0.333. The lowest BCUT2D eigenvalue weighted by Crippen LogP contribution is -2.39. The van der Waals surface area contributed by atoms with E-state index in [9.17, 15) is 9.59 Å². The molecule has 2 heterocycles. The first kappa shape index (κ1) is 20.9. The van der Waals surface area contributed by atoms with E-state index in [-0.39, 0.29) is 17.9 Å². The minimum atomic E-state index is -0.243. The molecule has 7 nitrogen and oxygen atoms in total. The highest BCUT2D eigenvalue weighted by atomic mass is 16.2. The molecule has 3 amide bonds. The third kappa shape index (κ3) is 5.59. The summed E-state index contributed by atoms with van der Waals surface area (Å²) in [7, 11) is 0. The third-order valence-corrected chi connectivity index (χ3v) is 5.35. The van der Waals surface area contributed by atoms with Crippen molar-refractivity contribution < 1.29 is 9.59 Å². The van der Waals surface area contributed by atoms with Crippen molar-refractivity contribution in [3.8, 4) is 0 Å². The van der Waals surface area contributed by atoms with Crippen LogP contribution in [-0.4, -0.2) is 46.7 Å². The van der Waals surface area contributed by atoms with Crippen LogP contribution in [0.15, 0.2) is 24.4 Å². The predicted molar refractivity (Wildman–Crippen MR) is 114 cm³/mol. The van der Waals surface area contributed by atoms with Crippen LogP contribution < -0.4 is 10.6 Å². The van der Waals surface area contributed by atoms with Gasteiger partial charge in [-0.2, -0.15) is 5.10 Å². The molecule has 0 radical (unpaired) electrons. The lowest BCUT2D eigenvalue weighted by Gasteiger charge is -2.32. The first-order valence-electron chi connectivity index (χ1n) is 10.4. The Kier molecular flexibility index (Phi) is 6.90. The zero-order valence-electron chi connectivity index (χ0n) is 17.5. The molecule has 0 saturated carbocycles. The lowest BCUT2D eigenvalue weighted by molar-refractivity contribution is -0.132. The van der Waals surface area contributed by atoms with Gasteiger partial charge < -0.3 is 15.5 Å². The summed E-state index contributed by atoms with van der Waals surface area (Å²) < 4.78 is 0. The third-order valence-electron chi connectivity index (χ3n) is 5.35. The number of hydrogen-bond donors (Lipinski definition) is 3. The van der Waals surface area contributed by atoms with Crippen molar-refractivity contribution in [3.05, 3.63) is 46.8 Å². The van der Waals surface area contributed by atoms with Gasteiger partial charge in [0.05, 0.1) is 17.6 Å². The zero-order valence-corrected chi connectivity index (χ0v) is 17.5. The van der Waals surface area contributed by atoms with E-state index >= 15 is 0 Å². The summed E-state index contributed by atoms with van der Waals surface area (Å²) in [6.07, 6.45) is 4.82. The van der Waals surface area contributed by atoms with Crippen LogP contribution in [0.1, 0.15) is 54.5 Å². The number of piperidine rings is 1. The van der Waals surface area contributed by atoms with Crippen molar-refractivity contribution in [1.82, 2.24) is 20.4 Å². The number of aryl methyl sites for hydroxylation is 3. The Morgan fingerprint density at radius 2 is 2.00 bits per heavy atom.